The quantitative estimate of drug-likeness (QED) is 0.486. The fraction of sp³-hybridized carbons (Fsp3) is 0.727. The van der Waals surface area contributed by atoms with Gasteiger partial charge in [0.25, 0.3) is 0 Å². The molecule has 0 radical (unpaired) electrons. The van der Waals surface area contributed by atoms with Crippen LogP contribution in [0.15, 0.2) is 11.6 Å². The third-order valence-electron chi connectivity index (χ3n) is 2.10. The van der Waals surface area contributed by atoms with Crippen LogP contribution in [-0.4, -0.2) is 11.1 Å². The second-order valence-corrected chi connectivity index (χ2v) is 3.40. The number of hydrogen-bond donors (Lipinski definition) is 1. The summed E-state index contributed by atoms with van der Waals surface area (Å²) in [5, 5.41) is 8.55. The van der Waals surface area contributed by atoms with Crippen molar-refractivity contribution in [2.24, 2.45) is 0 Å². The summed E-state index contributed by atoms with van der Waals surface area (Å²) < 4.78 is 0. The van der Waals surface area contributed by atoms with Crippen LogP contribution in [-0.2, 0) is 4.79 Å². The Balaban J connectivity index is 3.34. The number of unbranched alkanes of at least 4 members (excludes halogenated alkanes) is 5. The van der Waals surface area contributed by atoms with Crippen LogP contribution in [0.4, 0.5) is 0 Å². The maximum Gasteiger partial charge on any atom is 0.330 e. The van der Waals surface area contributed by atoms with Crippen LogP contribution >= 0.6 is 0 Å². The third-order valence-corrected chi connectivity index (χ3v) is 2.10. The molecule has 0 amide bonds. The SMILES string of the molecule is CCCCCCC/C=C(/C)C(=O)O. The topological polar surface area (TPSA) is 37.3 Å². The largest absolute Gasteiger partial charge is 0.478 e. The predicted molar refractivity (Wildman–Crippen MR) is 54.8 cm³/mol. The number of hydrogen-bond acceptors (Lipinski definition) is 1. The van der Waals surface area contributed by atoms with Gasteiger partial charge < -0.3 is 5.11 Å². The van der Waals surface area contributed by atoms with E-state index >= 15 is 0 Å². The number of carboxylic acids is 1. The van der Waals surface area contributed by atoms with Gasteiger partial charge in [0.2, 0.25) is 0 Å². The molecule has 2 nitrogen and oxygen atoms in total. The highest BCUT2D eigenvalue weighted by Crippen LogP contribution is 2.06. The van der Waals surface area contributed by atoms with Gasteiger partial charge >= 0.3 is 5.97 Å². The Morgan fingerprint density at radius 1 is 1.23 bits per heavy atom. The second kappa shape index (κ2) is 7.84. The van der Waals surface area contributed by atoms with Crippen LogP contribution in [0, 0.1) is 0 Å². The van der Waals surface area contributed by atoms with Gasteiger partial charge in [0.1, 0.15) is 0 Å². The Bertz CT molecular complexity index is 171. The van der Waals surface area contributed by atoms with Gasteiger partial charge in [0.05, 0.1) is 0 Å². The zero-order valence-corrected chi connectivity index (χ0v) is 8.68. The second-order valence-electron chi connectivity index (χ2n) is 3.40. The molecule has 0 aromatic rings. The molecule has 0 unspecified atom stereocenters. The van der Waals surface area contributed by atoms with E-state index in [2.05, 4.69) is 6.92 Å². The zero-order valence-electron chi connectivity index (χ0n) is 8.68. The van der Waals surface area contributed by atoms with Crippen molar-refractivity contribution in [3.05, 3.63) is 11.6 Å². The van der Waals surface area contributed by atoms with E-state index in [4.69, 9.17) is 5.11 Å². The Hall–Kier alpha value is -0.790. The Labute approximate surface area is 80.7 Å². The van der Waals surface area contributed by atoms with E-state index in [-0.39, 0.29) is 0 Å². The lowest BCUT2D eigenvalue weighted by Crippen LogP contribution is -1.95. The number of aliphatic carboxylic acids is 1. The van der Waals surface area contributed by atoms with Crippen LogP contribution in [0.5, 0.6) is 0 Å². The molecule has 0 fully saturated rings. The summed E-state index contributed by atoms with van der Waals surface area (Å²) in [4.78, 5) is 10.4. The van der Waals surface area contributed by atoms with Crippen LogP contribution in [0.2, 0.25) is 0 Å². The molecule has 0 spiro atoms. The Kier molecular flexibility index (Phi) is 7.36. The van der Waals surface area contributed by atoms with E-state index < -0.39 is 5.97 Å². The summed E-state index contributed by atoms with van der Waals surface area (Å²) in [6, 6.07) is 0. The van der Waals surface area contributed by atoms with Crippen molar-refractivity contribution in [2.75, 3.05) is 0 Å². The molecule has 2 heteroatoms. The normalized spacial score (nSPS) is 11.7. The maximum atomic E-state index is 10.4. The number of carboxylic acid groups (broad SMARTS) is 1. The van der Waals surface area contributed by atoms with Crippen molar-refractivity contribution in [1.82, 2.24) is 0 Å². The molecular weight excluding hydrogens is 164 g/mol. The van der Waals surface area contributed by atoms with E-state index in [1.807, 2.05) is 6.08 Å². The van der Waals surface area contributed by atoms with Gasteiger partial charge in [-0.05, 0) is 19.8 Å². The molecule has 13 heavy (non-hydrogen) atoms. The average molecular weight is 184 g/mol. The van der Waals surface area contributed by atoms with Gasteiger partial charge in [-0.25, -0.2) is 4.79 Å². The van der Waals surface area contributed by atoms with Gasteiger partial charge in [-0.2, -0.15) is 0 Å². The van der Waals surface area contributed by atoms with Crippen LogP contribution < -0.4 is 0 Å². The van der Waals surface area contributed by atoms with E-state index in [0.29, 0.717) is 5.57 Å². The number of carbonyl (C=O) groups is 1. The Morgan fingerprint density at radius 3 is 2.38 bits per heavy atom. The van der Waals surface area contributed by atoms with E-state index in [0.717, 1.165) is 12.8 Å². The lowest BCUT2D eigenvalue weighted by Gasteiger charge is -1.97. The van der Waals surface area contributed by atoms with Gasteiger partial charge in [-0.15, -0.1) is 0 Å². The molecule has 76 valence electrons. The number of allylic oxidation sites excluding steroid dienone is 1. The summed E-state index contributed by atoms with van der Waals surface area (Å²) in [6.45, 7) is 3.84. The van der Waals surface area contributed by atoms with Crippen molar-refractivity contribution in [3.63, 3.8) is 0 Å². The molecule has 0 aliphatic rings. The van der Waals surface area contributed by atoms with E-state index in [1.54, 1.807) is 6.92 Å². The summed E-state index contributed by atoms with van der Waals surface area (Å²) in [6.07, 6.45) is 8.88. The minimum absolute atomic E-state index is 0.468. The van der Waals surface area contributed by atoms with Crippen molar-refractivity contribution >= 4 is 5.97 Å². The lowest BCUT2D eigenvalue weighted by molar-refractivity contribution is -0.132. The van der Waals surface area contributed by atoms with Crippen LogP contribution in [0.25, 0.3) is 0 Å². The van der Waals surface area contributed by atoms with Crippen LogP contribution in [0.3, 0.4) is 0 Å². The fourth-order valence-electron chi connectivity index (χ4n) is 1.15. The smallest absolute Gasteiger partial charge is 0.330 e. The van der Waals surface area contributed by atoms with Gasteiger partial charge in [0, 0.05) is 5.57 Å². The molecule has 0 saturated heterocycles. The predicted octanol–water partition coefficient (Wildman–Crippen LogP) is 3.38. The average Bonchev–Trinajstić information content (AvgIpc) is 2.10. The fourth-order valence-corrected chi connectivity index (χ4v) is 1.15. The Morgan fingerprint density at radius 2 is 1.85 bits per heavy atom. The first-order valence-corrected chi connectivity index (χ1v) is 5.08. The molecule has 0 aromatic carbocycles. The first kappa shape index (κ1) is 12.2. The molecule has 0 bridgehead atoms. The summed E-state index contributed by atoms with van der Waals surface area (Å²) >= 11 is 0. The first-order chi connectivity index (χ1) is 6.18. The van der Waals surface area contributed by atoms with Crippen molar-refractivity contribution < 1.29 is 9.90 Å². The third kappa shape index (κ3) is 7.57. The van der Waals surface area contributed by atoms with Gasteiger partial charge in [-0.3, -0.25) is 0 Å². The van der Waals surface area contributed by atoms with E-state index in [9.17, 15) is 4.79 Å². The molecule has 0 aliphatic carbocycles. The monoisotopic (exact) mass is 184 g/mol. The van der Waals surface area contributed by atoms with Crippen molar-refractivity contribution in [2.45, 2.75) is 52.4 Å². The molecule has 0 saturated carbocycles. The molecular formula is C11H20O2. The summed E-state index contributed by atoms with van der Waals surface area (Å²) in [7, 11) is 0. The minimum Gasteiger partial charge on any atom is -0.478 e. The minimum atomic E-state index is -0.798. The summed E-state index contributed by atoms with van der Waals surface area (Å²) in [5.41, 5.74) is 0.468. The molecule has 0 aliphatic heterocycles. The molecule has 0 heterocycles. The van der Waals surface area contributed by atoms with Gasteiger partial charge in [0.15, 0.2) is 0 Å². The van der Waals surface area contributed by atoms with Crippen molar-refractivity contribution in [1.29, 1.82) is 0 Å². The molecule has 1 N–H and O–H groups in total. The molecule has 0 aromatic heterocycles. The molecule has 0 atom stereocenters. The molecule has 0 rings (SSSR count). The highest BCUT2D eigenvalue weighted by Gasteiger charge is 1.97. The van der Waals surface area contributed by atoms with E-state index in [1.165, 1.54) is 25.7 Å². The highest BCUT2D eigenvalue weighted by molar-refractivity contribution is 5.85. The summed E-state index contributed by atoms with van der Waals surface area (Å²) in [5.74, 6) is -0.798. The highest BCUT2D eigenvalue weighted by atomic mass is 16.4. The number of rotatable bonds is 7. The van der Waals surface area contributed by atoms with Crippen molar-refractivity contribution in [3.8, 4) is 0 Å². The lowest BCUT2D eigenvalue weighted by atomic mass is 10.1. The van der Waals surface area contributed by atoms with Gasteiger partial charge in [-0.1, -0.05) is 38.7 Å². The maximum absolute atomic E-state index is 10.4. The first-order valence-electron chi connectivity index (χ1n) is 5.08. The standard InChI is InChI=1S/C11H20O2/c1-3-4-5-6-7-8-9-10(2)11(12)13/h9H,3-8H2,1-2H3,(H,12,13)/b10-9-. The van der Waals surface area contributed by atoms with Crippen LogP contribution in [0.1, 0.15) is 52.4 Å². The zero-order chi connectivity index (χ0) is 10.1.